The van der Waals surface area contributed by atoms with Crippen molar-refractivity contribution in [1.29, 1.82) is 0 Å². The zero-order valence-corrected chi connectivity index (χ0v) is 5.33. The molecule has 48 valence electrons. The Kier molecular flexibility index (Phi) is 1.63. The number of guanidine groups is 1. The molecule has 9 heavy (non-hydrogen) atoms. The van der Waals surface area contributed by atoms with E-state index in [0.717, 1.165) is 12.1 Å². The number of hydrogen-bond donors (Lipinski definition) is 1. The molecule has 0 aromatic heterocycles. The third kappa shape index (κ3) is 1.68. The van der Waals surface area contributed by atoms with Crippen LogP contribution in [-0.4, -0.2) is 12.2 Å². The van der Waals surface area contributed by atoms with Gasteiger partial charge in [0, 0.05) is 18.3 Å². The van der Waals surface area contributed by atoms with Crippen LogP contribution in [0.15, 0.2) is 21.8 Å². The summed E-state index contributed by atoms with van der Waals surface area (Å²) in [6.07, 6.45) is 4.55. The molecule has 0 spiro atoms. The fraction of sp³-hybridized carbons (Fsp3) is 0.333. The van der Waals surface area contributed by atoms with Crippen molar-refractivity contribution in [2.45, 2.75) is 13.3 Å². The number of hydrogen-bond acceptors (Lipinski definition) is 3. The summed E-state index contributed by atoms with van der Waals surface area (Å²) in [4.78, 5) is 7.76. The normalized spacial score (nSPS) is 18.3. The van der Waals surface area contributed by atoms with E-state index >= 15 is 0 Å². The first-order valence-corrected chi connectivity index (χ1v) is 2.82. The molecule has 0 aromatic carbocycles. The summed E-state index contributed by atoms with van der Waals surface area (Å²) < 4.78 is 0. The summed E-state index contributed by atoms with van der Waals surface area (Å²) >= 11 is 0. The zero-order valence-electron chi connectivity index (χ0n) is 5.33. The highest BCUT2D eigenvalue weighted by Crippen LogP contribution is 1.98. The second-order valence-electron chi connectivity index (χ2n) is 1.86. The van der Waals surface area contributed by atoms with Crippen molar-refractivity contribution in [3.8, 4) is 0 Å². The fourth-order valence-electron chi connectivity index (χ4n) is 0.625. The Bertz CT molecular complexity index is 188. The second kappa shape index (κ2) is 2.44. The Morgan fingerprint density at radius 3 is 3.22 bits per heavy atom. The largest absolute Gasteiger partial charge is 0.368 e. The van der Waals surface area contributed by atoms with E-state index in [2.05, 4.69) is 9.98 Å². The molecule has 1 heterocycles. The van der Waals surface area contributed by atoms with E-state index in [9.17, 15) is 0 Å². The molecule has 0 amide bonds. The van der Waals surface area contributed by atoms with Gasteiger partial charge in [0.05, 0.1) is 0 Å². The summed E-state index contributed by atoms with van der Waals surface area (Å²) in [6, 6.07) is 0. The van der Waals surface area contributed by atoms with Gasteiger partial charge in [0.15, 0.2) is 0 Å². The van der Waals surface area contributed by atoms with Crippen molar-refractivity contribution in [3.05, 3.63) is 11.8 Å². The van der Waals surface area contributed by atoms with E-state index in [1.165, 1.54) is 0 Å². The van der Waals surface area contributed by atoms with E-state index < -0.39 is 0 Å². The number of aliphatic imine (C=N–C) groups is 2. The van der Waals surface area contributed by atoms with Crippen LogP contribution in [0.3, 0.4) is 0 Å². The van der Waals surface area contributed by atoms with Crippen molar-refractivity contribution in [2.75, 3.05) is 0 Å². The summed E-state index contributed by atoms with van der Waals surface area (Å²) in [6.45, 7) is 1.90. The van der Waals surface area contributed by atoms with Gasteiger partial charge in [-0.2, -0.15) is 0 Å². The van der Waals surface area contributed by atoms with Crippen molar-refractivity contribution >= 4 is 12.2 Å². The fourth-order valence-corrected chi connectivity index (χ4v) is 0.625. The molecule has 2 N–H and O–H groups in total. The quantitative estimate of drug-likeness (QED) is 0.506. The highest BCUT2D eigenvalue weighted by atomic mass is 15.0. The maximum Gasteiger partial charge on any atom is 0.219 e. The molecule has 0 aliphatic carbocycles. The minimum Gasteiger partial charge on any atom is -0.368 e. The first-order valence-electron chi connectivity index (χ1n) is 2.82. The molecule has 0 radical (unpaired) electrons. The van der Waals surface area contributed by atoms with E-state index in [-0.39, 0.29) is 0 Å². The molecule has 3 nitrogen and oxygen atoms in total. The number of allylic oxidation sites excluding steroid dienone is 2. The molecule has 0 bridgehead atoms. The smallest absolute Gasteiger partial charge is 0.219 e. The third-order valence-corrected chi connectivity index (χ3v) is 1.03. The monoisotopic (exact) mass is 123 g/mol. The van der Waals surface area contributed by atoms with Gasteiger partial charge in [0.25, 0.3) is 0 Å². The molecule has 0 saturated heterocycles. The summed E-state index contributed by atoms with van der Waals surface area (Å²) in [5.41, 5.74) is 6.27. The van der Waals surface area contributed by atoms with E-state index in [4.69, 9.17) is 5.73 Å². The lowest BCUT2D eigenvalue weighted by Gasteiger charge is -1.87. The first kappa shape index (κ1) is 6.01. The summed E-state index contributed by atoms with van der Waals surface area (Å²) in [7, 11) is 0. The summed E-state index contributed by atoms with van der Waals surface area (Å²) in [5.74, 6) is 0.348. The molecule has 1 aliphatic heterocycles. The van der Waals surface area contributed by atoms with Gasteiger partial charge >= 0.3 is 0 Å². The van der Waals surface area contributed by atoms with E-state index in [1.54, 1.807) is 6.21 Å². The molecule has 3 heteroatoms. The maximum atomic E-state index is 5.34. The lowest BCUT2D eigenvalue weighted by Crippen LogP contribution is -2.06. The molecule has 1 aliphatic rings. The Hall–Kier alpha value is -1.12. The standard InChI is InChI=1S/C6H9N3/c1-5-3-2-4-8-6(7)9-5/h3-4H,2H2,1H3,(H2,7,9). The molecule has 0 atom stereocenters. The van der Waals surface area contributed by atoms with Gasteiger partial charge < -0.3 is 5.73 Å². The predicted molar refractivity (Wildman–Crippen MR) is 38.5 cm³/mol. The Morgan fingerprint density at radius 1 is 1.67 bits per heavy atom. The molecule has 0 unspecified atom stereocenters. The molecule has 1 rings (SSSR count). The molecular weight excluding hydrogens is 114 g/mol. The van der Waals surface area contributed by atoms with Crippen LogP contribution in [-0.2, 0) is 0 Å². The van der Waals surface area contributed by atoms with Crippen LogP contribution in [0.25, 0.3) is 0 Å². The minimum absolute atomic E-state index is 0.348. The Morgan fingerprint density at radius 2 is 2.44 bits per heavy atom. The number of nitrogens with zero attached hydrogens (tertiary/aromatic N) is 2. The van der Waals surface area contributed by atoms with Crippen molar-refractivity contribution in [3.63, 3.8) is 0 Å². The lowest BCUT2D eigenvalue weighted by atomic mass is 10.4. The van der Waals surface area contributed by atoms with Crippen LogP contribution in [0.4, 0.5) is 0 Å². The van der Waals surface area contributed by atoms with Crippen LogP contribution in [0.1, 0.15) is 13.3 Å². The van der Waals surface area contributed by atoms with Crippen molar-refractivity contribution in [1.82, 2.24) is 0 Å². The SMILES string of the molecule is CC1=CCC=NC(N)=N1. The minimum atomic E-state index is 0.348. The van der Waals surface area contributed by atoms with Gasteiger partial charge in [-0.3, -0.25) is 0 Å². The molecule has 0 fully saturated rings. The average molecular weight is 123 g/mol. The highest BCUT2D eigenvalue weighted by Gasteiger charge is 1.90. The van der Waals surface area contributed by atoms with Gasteiger partial charge in [-0.25, -0.2) is 9.98 Å². The number of rotatable bonds is 0. The maximum absolute atomic E-state index is 5.34. The van der Waals surface area contributed by atoms with E-state index in [0.29, 0.717) is 5.96 Å². The van der Waals surface area contributed by atoms with Gasteiger partial charge in [-0.05, 0) is 6.92 Å². The topological polar surface area (TPSA) is 50.7 Å². The molecular formula is C6H9N3. The molecule has 0 aromatic rings. The van der Waals surface area contributed by atoms with Gasteiger partial charge in [-0.1, -0.05) is 6.08 Å². The predicted octanol–water partition coefficient (Wildman–Crippen LogP) is 0.679. The molecule has 0 saturated carbocycles. The second-order valence-corrected chi connectivity index (χ2v) is 1.86. The number of nitrogens with two attached hydrogens (primary N) is 1. The van der Waals surface area contributed by atoms with Crippen LogP contribution in [0.2, 0.25) is 0 Å². The first-order chi connectivity index (χ1) is 4.29. The lowest BCUT2D eigenvalue weighted by molar-refractivity contribution is 1.26. The zero-order chi connectivity index (χ0) is 6.69. The van der Waals surface area contributed by atoms with Crippen LogP contribution in [0, 0.1) is 0 Å². The van der Waals surface area contributed by atoms with Gasteiger partial charge in [-0.15, -0.1) is 0 Å². The Balaban J connectivity index is 2.82. The highest BCUT2D eigenvalue weighted by molar-refractivity contribution is 5.88. The average Bonchev–Trinajstić information content (AvgIpc) is 1.93. The Labute approximate surface area is 54.0 Å². The van der Waals surface area contributed by atoms with Crippen molar-refractivity contribution < 1.29 is 0 Å². The van der Waals surface area contributed by atoms with Crippen LogP contribution < -0.4 is 5.73 Å². The van der Waals surface area contributed by atoms with Crippen LogP contribution in [0.5, 0.6) is 0 Å². The summed E-state index contributed by atoms with van der Waals surface area (Å²) in [5, 5.41) is 0. The van der Waals surface area contributed by atoms with Crippen molar-refractivity contribution in [2.24, 2.45) is 15.7 Å². The van der Waals surface area contributed by atoms with Gasteiger partial charge in [0.2, 0.25) is 5.96 Å². The van der Waals surface area contributed by atoms with Crippen LogP contribution >= 0.6 is 0 Å². The van der Waals surface area contributed by atoms with E-state index in [1.807, 2.05) is 13.0 Å². The van der Waals surface area contributed by atoms with Gasteiger partial charge in [0.1, 0.15) is 0 Å². The third-order valence-electron chi connectivity index (χ3n) is 1.03.